The van der Waals surface area contributed by atoms with Gasteiger partial charge in [-0.3, -0.25) is 14.9 Å². The first-order chi connectivity index (χ1) is 14.0. The average molecular weight is 409 g/mol. The number of rotatable bonds is 7. The summed E-state index contributed by atoms with van der Waals surface area (Å²) in [5, 5.41) is 18.4. The second-order valence-corrected chi connectivity index (χ2v) is 8.11. The lowest BCUT2D eigenvalue weighted by atomic mass is 10.2. The summed E-state index contributed by atoms with van der Waals surface area (Å²) in [6.45, 7) is 1.73. The molecule has 1 heterocycles. The standard InChI is InChI=1S/C20H19N5O3S/c1-13(19(26)21-16-9-5-6-10-17(16)25(27)28)29-20-22-18(14-11-12-14)24(23-20)15-7-3-2-4-8-15/h2-10,13-14H,11-12H2,1H3,(H,21,26). The Morgan fingerprint density at radius 3 is 2.59 bits per heavy atom. The maximum atomic E-state index is 12.6. The van der Waals surface area contributed by atoms with Crippen LogP contribution < -0.4 is 5.32 Å². The minimum Gasteiger partial charge on any atom is -0.319 e. The van der Waals surface area contributed by atoms with Gasteiger partial charge in [-0.15, -0.1) is 5.10 Å². The van der Waals surface area contributed by atoms with E-state index in [9.17, 15) is 14.9 Å². The van der Waals surface area contributed by atoms with Crippen molar-refractivity contribution in [1.82, 2.24) is 14.8 Å². The number of aromatic nitrogens is 3. The molecule has 0 bridgehead atoms. The monoisotopic (exact) mass is 409 g/mol. The number of nitrogens with zero attached hydrogens (tertiary/aromatic N) is 4. The van der Waals surface area contributed by atoms with Gasteiger partial charge >= 0.3 is 0 Å². The molecule has 4 rings (SSSR count). The lowest BCUT2D eigenvalue weighted by molar-refractivity contribution is -0.383. The lowest BCUT2D eigenvalue weighted by Gasteiger charge is -2.10. The van der Waals surface area contributed by atoms with E-state index in [1.54, 1.807) is 19.1 Å². The van der Waals surface area contributed by atoms with Gasteiger partial charge in [0.2, 0.25) is 11.1 Å². The van der Waals surface area contributed by atoms with E-state index in [1.807, 2.05) is 35.0 Å². The van der Waals surface area contributed by atoms with Crippen LogP contribution in [-0.2, 0) is 4.79 Å². The highest BCUT2D eigenvalue weighted by atomic mass is 32.2. The minimum absolute atomic E-state index is 0.138. The van der Waals surface area contributed by atoms with Crippen molar-refractivity contribution in [3.05, 3.63) is 70.5 Å². The van der Waals surface area contributed by atoms with Crippen molar-refractivity contribution in [3.63, 3.8) is 0 Å². The van der Waals surface area contributed by atoms with Gasteiger partial charge < -0.3 is 5.32 Å². The Morgan fingerprint density at radius 2 is 1.90 bits per heavy atom. The topological polar surface area (TPSA) is 103 Å². The number of nitrogens with one attached hydrogen (secondary N) is 1. The molecule has 1 aromatic heterocycles. The second-order valence-electron chi connectivity index (χ2n) is 6.80. The van der Waals surface area contributed by atoms with Crippen LogP contribution in [0.3, 0.4) is 0 Å². The van der Waals surface area contributed by atoms with Crippen LogP contribution in [0.4, 0.5) is 11.4 Å². The number of para-hydroxylation sites is 3. The van der Waals surface area contributed by atoms with Gasteiger partial charge in [-0.1, -0.05) is 42.1 Å². The number of thioether (sulfide) groups is 1. The highest BCUT2D eigenvalue weighted by Crippen LogP contribution is 2.40. The van der Waals surface area contributed by atoms with Crippen LogP contribution >= 0.6 is 11.8 Å². The molecule has 1 unspecified atom stereocenters. The molecule has 8 nitrogen and oxygen atoms in total. The van der Waals surface area contributed by atoms with Gasteiger partial charge in [-0.2, -0.15) is 0 Å². The van der Waals surface area contributed by atoms with Crippen molar-refractivity contribution in [3.8, 4) is 5.69 Å². The number of hydrogen-bond donors (Lipinski definition) is 1. The van der Waals surface area contributed by atoms with Crippen LogP contribution in [0.1, 0.15) is 31.5 Å². The first-order valence-electron chi connectivity index (χ1n) is 9.26. The van der Waals surface area contributed by atoms with Gasteiger partial charge in [0, 0.05) is 12.0 Å². The molecule has 3 aromatic rings. The molecule has 0 saturated heterocycles. The summed E-state index contributed by atoms with van der Waals surface area (Å²) in [7, 11) is 0. The number of hydrogen-bond acceptors (Lipinski definition) is 6. The van der Waals surface area contributed by atoms with Crippen LogP contribution in [-0.4, -0.2) is 30.8 Å². The predicted molar refractivity (Wildman–Crippen MR) is 110 cm³/mol. The highest BCUT2D eigenvalue weighted by molar-refractivity contribution is 8.00. The zero-order valence-corrected chi connectivity index (χ0v) is 16.5. The molecule has 0 spiro atoms. The van der Waals surface area contributed by atoms with Crippen molar-refractivity contribution in [2.75, 3.05) is 5.32 Å². The molecule has 1 saturated carbocycles. The number of benzene rings is 2. The van der Waals surface area contributed by atoms with Crippen LogP contribution in [0.5, 0.6) is 0 Å². The van der Waals surface area contributed by atoms with Crippen LogP contribution in [0, 0.1) is 10.1 Å². The first-order valence-corrected chi connectivity index (χ1v) is 10.1. The zero-order valence-electron chi connectivity index (χ0n) is 15.7. The van der Waals surface area contributed by atoms with E-state index in [0.29, 0.717) is 11.1 Å². The molecule has 1 atom stereocenters. The van der Waals surface area contributed by atoms with Gasteiger partial charge in [0.15, 0.2) is 0 Å². The third-order valence-corrected chi connectivity index (χ3v) is 5.52. The molecule has 2 aromatic carbocycles. The molecule has 1 N–H and O–H groups in total. The summed E-state index contributed by atoms with van der Waals surface area (Å²) in [6, 6.07) is 15.9. The van der Waals surface area contributed by atoms with Gasteiger partial charge in [0.05, 0.1) is 15.9 Å². The molecule has 9 heteroatoms. The maximum absolute atomic E-state index is 12.6. The van der Waals surface area contributed by atoms with E-state index in [1.165, 1.54) is 23.9 Å². The third-order valence-electron chi connectivity index (χ3n) is 4.57. The fraction of sp³-hybridized carbons (Fsp3) is 0.250. The highest BCUT2D eigenvalue weighted by Gasteiger charge is 2.31. The van der Waals surface area contributed by atoms with Gasteiger partial charge in [0.25, 0.3) is 5.69 Å². The maximum Gasteiger partial charge on any atom is 0.292 e. The largest absolute Gasteiger partial charge is 0.319 e. The average Bonchev–Trinajstić information content (AvgIpc) is 3.49. The van der Waals surface area contributed by atoms with E-state index in [4.69, 9.17) is 0 Å². The van der Waals surface area contributed by atoms with Crippen molar-refractivity contribution in [1.29, 1.82) is 0 Å². The first kappa shape index (κ1) is 19.1. The van der Waals surface area contributed by atoms with Crippen molar-refractivity contribution >= 4 is 29.0 Å². The summed E-state index contributed by atoms with van der Waals surface area (Å²) < 4.78 is 1.84. The number of amides is 1. The van der Waals surface area contributed by atoms with Crippen LogP contribution in [0.2, 0.25) is 0 Å². The summed E-state index contributed by atoms with van der Waals surface area (Å²) >= 11 is 1.24. The number of carbonyl (C=O) groups excluding carboxylic acids is 1. The van der Waals surface area contributed by atoms with Gasteiger partial charge in [-0.25, -0.2) is 9.67 Å². The molecular weight excluding hydrogens is 390 g/mol. The van der Waals surface area contributed by atoms with E-state index >= 15 is 0 Å². The SMILES string of the molecule is CC(Sc1nc(C2CC2)n(-c2ccccc2)n1)C(=O)Nc1ccccc1[N+](=O)[O-]. The quantitative estimate of drug-likeness (QED) is 0.357. The summed E-state index contributed by atoms with van der Waals surface area (Å²) in [5.74, 6) is 0.964. The number of nitro benzene ring substituents is 1. The van der Waals surface area contributed by atoms with Gasteiger partial charge in [0.1, 0.15) is 11.5 Å². The molecule has 1 amide bonds. The Bertz CT molecular complexity index is 1050. The summed E-state index contributed by atoms with van der Waals surface area (Å²) in [5.41, 5.74) is 0.975. The fourth-order valence-electron chi connectivity index (χ4n) is 2.90. The van der Waals surface area contributed by atoms with Crippen LogP contribution in [0.25, 0.3) is 5.69 Å². The number of anilines is 1. The minimum atomic E-state index is -0.520. The van der Waals surface area contributed by atoms with Crippen molar-refractivity contribution in [2.24, 2.45) is 0 Å². The van der Waals surface area contributed by atoms with Crippen molar-refractivity contribution < 1.29 is 9.72 Å². The Hall–Kier alpha value is -3.20. The Balaban J connectivity index is 1.51. The fourth-order valence-corrected chi connectivity index (χ4v) is 3.66. The number of nitro groups is 1. The Morgan fingerprint density at radius 1 is 1.21 bits per heavy atom. The molecule has 29 heavy (non-hydrogen) atoms. The van der Waals surface area contributed by atoms with E-state index in [2.05, 4.69) is 15.4 Å². The Labute approximate surface area is 171 Å². The van der Waals surface area contributed by atoms with E-state index < -0.39 is 10.2 Å². The normalized spacial score (nSPS) is 14.4. The molecule has 148 valence electrons. The third kappa shape index (κ3) is 4.29. The molecule has 0 radical (unpaired) electrons. The van der Waals surface area contributed by atoms with Crippen LogP contribution in [0.15, 0.2) is 59.8 Å². The predicted octanol–water partition coefficient (Wildman–Crippen LogP) is 4.17. The molecular formula is C20H19N5O3S. The van der Waals surface area contributed by atoms with E-state index in [-0.39, 0.29) is 17.3 Å². The molecule has 0 aliphatic heterocycles. The second kappa shape index (κ2) is 8.04. The summed E-state index contributed by atoms with van der Waals surface area (Å²) in [4.78, 5) is 27.9. The van der Waals surface area contributed by atoms with Gasteiger partial charge in [-0.05, 0) is 38.0 Å². The van der Waals surface area contributed by atoms with E-state index in [0.717, 1.165) is 24.4 Å². The number of carbonyl (C=O) groups is 1. The Kier molecular flexibility index (Phi) is 5.30. The molecule has 1 fully saturated rings. The zero-order chi connectivity index (χ0) is 20.4. The summed E-state index contributed by atoms with van der Waals surface area (Å²) in [6.07, 6.45) is 2.17. The smallest absolute Gasteiger partial charge is 0.292 e. The molecule has 1 aliphatic carbocycles. The molecule has 1 aliphatic rings. The lowest BCUT2D eigenvalue weighted by Crippen LogP contribution is -2.23. The van der Waals surface area contributed by atoms with Crippen molar-refractivity contribution in [2.45, 2.75) is 36.1 Å².